The summed E-state index contributed by atoms with van der Waals surface area (Å²) in [6.45, 7) is 0. The van der Waals surface area contributed by atoms with Gasteiger partial charge in [-0.1, -0.05) is 218 Å². The average Bonchev–Trinajstić information content (AvgIpc) is 4.24. The molecule has 0 saturated heterocycles. The smallest absolute Gasteiger partial charge is 0.167 e. The third-order valence-electron chi connectivity index (χ3n) is 15.8. The Kier molecular flexibility index (Phi) is 8.89. The molecule has 0 aliphatic heterocycles. The Morgan fingerprint density at radius 3 is 1.52 bits per heavy atom. The van der Waals surface area contributed by atoms with Crippen molar-refractivity contribution in [1.29, 1.82) is 0 Å². The highest BCUT2D eigenvalue weighted by atomic mass is 16.3. The second kappa shape index (κ2) is 16.0. The Morgan fingerprint density at radius 1 is 0.267 bits per heavy atom. The van der Waals surface area contributed by atoms with E-state index in [9.17, 15) is 0 Å². The molecule has 0 bridgehead atoms. The molecular weight excluding hydrogens is 915 g/mol. The van der Waals surface area contributed by atoms with E-state index in [1.165, 1.54) is 55.6 Å². The predicted molar refractivity (Wildman–Crippen MR) is 303 cm³/mol. The zero-order valence-electron chi connectivity index (χ0n) is 40.3. The van der Waals surface area contributed by atoms with Crippen LogP contribution in [0.25, 0.3) is 134 Å². The van der Waals surface area contributed by atoms with E-state index in [-0.39, 0.29) is 0 Å². The van der Waals surface area contributed by atoms with Gasteiger partial charge in [-0.15, -0.1) is 0 Å². The monoisotopic (exact) mass is 955 g/mol. The molecule has 0 unspecified atom stereocenters. The molecule has 1 spiro atoms. The summed E-state index contributed by atoms with van der Waals surface area (Å²) in [5.41, 5.74) is 22.7. The lowest BCUT2D eigenvalue weighted by atomic mass is 9.70. The minimum Gasteiger partial charge on any atom is -0.456 e. The van der Waals surface area contributed by atoms with E-state index in [4.69, 9.17) is 23.8 Å². The van der Waals surface area contributed by atoms with Crippen LogP contribution in [0.3, 0.4) is 0 Å². The Bertz CT molecular complexity index is 4600. The van der Waals surface area contributed by atoms with Gasteiger partial charge >= 0.3 is 0 Å². The minimum absolute atomic E-state index is 0.391. The van der Waals surface area contributed by atoms with Crippen LogP contribution < -0.4 is 0 Å². The first-order chi connectivity index (χ1) is 37.2. The van der Waals surface area contributed by atoms with Gasteiger partial charge in [-0.05, 0) is 108 Å². The SMILES string of the molecule is c1ccc(-c2ccc(-c3nc(-c4cccc5c4oc4ccccc45)nc(-c4cccc5oc6ccc(-c7ccc(-c8cccc9c8-c8ccccc8C98c9ccccc9-c9ccccc98)cc7)cc6c45)n3)cc2)cc1. The van der Waals surface area contributed by atoms with Crippen LogP contribution in [-0.4, -0.2) is 15.0 Å². The Balaban J connectivity index is 0.819. The molecule has 5 nitrogen and oxygen atoms in total. The summed E-state index contributed by atoms with van der Waals surface area (Å²) in [6.07, 6.45) is 0. The molecule has 11 aromatic carbocycles. The molecule has 0 saturated carbocycles. The van der Waals surface area contributed by atoms with Crippen LogP contribution in [0.15, 0.2) is 258 Å². The van der Waals surface area contributed by atoms with Gasteiger partial charge in [0.2, 0.25) is 0 Å². The Morgan fingerprint density at radius 2 is 0.747 bits per heavy atom. The molecule has 3 heterocycles. The van der Waals surface area contributed by atoms with E-state index in [2.05, 4.69) is 200 Å². The summed E-state index contributed by atoms with van der Waals surface area (Å²) >= 11 is 0. The number of hydrogen-bond donors (Lipinski definition) is 0. The fourth-order valence-corrected chi connectivity index (χ4v) is 12.5. The Labute approximate surface area is 431 Å². The fraction of sp³-hybridized carbons (Fsp3) is 0.0143. The molecule has 14 aromatic rings. The molecule has 75 heavy (non-hydrogen) atoms. The molecular formula is C70H41N3O2. The van der Waals surface area contributed by atoms with Crippen LogP contribution in [0.2, 0.25) is 0 Å². The fourth-order valence-electron chi connectivity index (χ4n) is 12.5. The van der Waals surface area contributed by atoms with Crippen LogP contribution in [0.5, 0.6) is 0 Å². The predicted octanol–water partition coefficient (Wildman–Crippen LogP) is 18.0. The van der Waals surface area contributed by atoms with E-state index < -0.39 is 5.41 Å². The molecule has 0 radical (unpaired) electrons. The highest BCUT2D eigenvalue weighted by molar-refractivity contribution is 6.13. The Hall–Kier alpha value is -9.97. The quantitative estimate of drug-likeness (QED) is 0.166. The van der Waals surface area contributed by atoms with E-state index in [0.717, 1.165) is 82.8 Å². The number of hydrogen-bond acceptors (Lipinski definition) is 5. The standard InChI is InChI=1S/C70H41N3O2/c1-2-15-42(16-3-1)43-33-37-46(38-34-43)67-71-68(73-69(72-67)55-24-12-22-52-51-19-7-11-29-61(51)75-66(52)55)54-23-14-30-63-65(54)56-41-47(39-40-62(56)74-63)44-31-35-45(36-32-44)48-21-13-28-60-64(48)53-20-6-10-27-59(53)70(60)57-25-8-4-17-49(57)50-18-5-9-26-58(50)70/h1-41H. The van der Waals surface area contributed by atoms with Crippen molar-refractivity contribution in [3.63, 3.8) is 0 Å². The number of fused-ring (bicyclic) bond motifs is 16. The van der Waals surface area contributed by atoms with Crippen molar-refractivity contribution in [2.24, 2.45) is 0 Å². The molecule has 348 valence electrons. The molecule has 0 amide bonds. The van der Waals surface area contributed by atoms with Gasteiger partial charge in [-0.25, -0.2) is 15.0 Å². The van der Waals surface area contributed by atoms with Gasteiger partial charge in [0.1, 0.15) is 22.3 Å². The zero-order chi connectivity index (χ0) is 49.2. The largest absolute Gasteiger partial charge is 0.456 e. The highest BCUT2D eigenvalue weighted by Crippen LogP contribution is 2.64. The van der Waals surface area contributed by atoms with Crippen molar-refractivity contribution >= 4 is 43.9 Å². The first-order valence-corrected chi connectivity index (χ1v) is 25.5. The average molecular weight is 956 g/mol. The molecule has 3 aromatic heterocycles. The van der Waals surface area contributed by atoms with Gasteiger partial charge in [0.15, 0.2) is 17.5 Å². The first kappa shape index (κ1) is 41.6. The molecule has 5 heteroatoms. The topological polar surface area (TPSA) is 65.0 Å². The number of para-hydroxylation sites is 2. The van der Waals surface area contributed by atoms with Crippen LogP contribution in [0, 0.1) is 0 Å². The lowest BCUT2D eigenvalue weighted by molar-refractivity contribution is 0.668. The van der Waals surface area contributed by atoms with Gasteiger partial charge in [-0.2, -0.15) is 0 Å². The third-order valence-corrected chi connectivity index (χ3v) is 15.8. The van der Waals surface area contributed by atoms with Gasteiger partial charge in [0.05, 0.1) is 11.0 Å². The van der Waals surface area contributed by atoms with Crippen LogP contribution in [-0.2, 0) is 5.41 Å². The van der Waals surface area contributed by atoms with Crippen molar-refractivity contribution in [2.75, 3.05) is 0 Å². The maximum Gasteiger partial charge on any atom is 0.167 e. The second-order valence-corrected chi connectivity index (χ2v) is 19.7. The van der Waals surface area contributed by atoms with E-state index in [1.54, 1.807) is 0 Å². The van der Waals surface area contributed by atoms with Gasteiger partial charge in [-0.3, -0.25) is 0 Å². The van der Waals surface area contributed by atoms with Gasteiger partial charge in [0.25, 0.3) is 0 Å². The van der Waals surface area contributed by atoms with Crippen LogP contribution in [0.1, 0.15) is 22.3 Å². The molecule has 16 rings (SSSR count). The number of aromatic nitrogens is 3. The van der Waals surface area contributed by atoms with E-state index >= 15 is 0 Å². The summed E-state index contributed by atoms with van der Waals surface area (Å²) in [7, 11) is 0. The van der Waals surface area contributed by atoms with Crippen molar-refractivity contribution < 1.29 is 8.83 Å². The molecule has 0 atom stereocenters. The summed E-state index contributed by atoms with van der Waals surface area (Å²) in [4.78, 5) is 15.8. The zero-order valence-corrected chi connectivity index (χ0v) is 40.3. The maximum absolute atomic E-state index is 6.63. The van der Waals surface area contributed by atoms with Crippen molar-refractivity contribution in [1.82, 2.24) is 15.0 Å². The number of nitrogens with zero attached hydrogens (tertiary/aromatic N) is 3. The summed E-state index contributed by atoms with van der Waals surface area (Å²) in [6, 6.07) is 88.7. The maximum atomic E-state index is 6.63. The van der Waals surface area contributed by atoms with Gasteiger partial charge in [0, 0.05) is 32.7 Å². The number of rotatable bonds is 6. The third kappa shape index (κ3) is 6.10. The normalized spacial score (nSPS) is 12.9. The second-order valence-electron chi connectivity index (χ2n) is 19.7. The highest BCUT2D eigenvalue weighted by Gasteiger charge is 2.52. The van der Waals surface area contributed by atoms with Crippen LogP contribution in [0.4, 0.5) is 0 Å². The number of benzene rings is 11. The lowest BCUT2D eigenvalue weighted by Crippen LogP contribution is -2.25. The first-order valence-electron chi connectivity index (χ1n) is 25.5. The summed E-state index contributed by atoms with van der Waals surface area (Å²) in [5.74, 6) is 1.63. The summed E-state index contributed by atoms with van der Waals surface area (Å²) < 4.78 is 13.2. The lowest BCUT2D eigenvalue weighted by Gasteiger charge is -2.30. The van der Waals surface area contributed by atoms with E-state index in [0.29, 0.717) is 17.5 Å². The minimum atomic E-state index is -0.391. The molecule has 2 aliphatic rings. The molecule has 0 fully saturated rings. The van der Waals surface area contributed by atoms with Crippen molar-refractivity contribution in [3.05, 3.63) is 271 Å². The van der Waals surface area contributed by atoms with Gasteiger partial charge < -0.3 is 8.83 Å². The van der Waals surface area contributed by atoms with E-state index in [1.807, 2.05) is 48.5 Å². The summed E-state index contributed by atoms with van der Waals surface area (Å²) in [5, 5.41) is 3.98. The molecule has 2 aliphatic carbocycles. The van der Waals surface area contributed by atoms with Crippen molar-refractivity contribution in [2.45, 2.75) is 5.41 Å². The molecule has 0 N–H and O–H groups in total. The number of furan rings is 2. The van der Waals surface area contributed by atoms with Crippen LogP contribution >= 0.6 is 0 Å². The van der Waals surface area contributed by atoms with Crippen molar-refractivity contribution in [3.8, 4) is 89.8 Å².